The maximum absolute atomic E-state index is 11.0. The lowest BCUT2D eigenvalue weighted by molar-refractivity contribution is -0.384. The van der Waals surface area contributed by atoms with Crippen molar-refractivity contribution >= 4 is 43.3 Å². The maximum Gasteiger partial charge on any atom is 0.270 e. The number of piperidine rings is 1. The Labute approximate surface area is 159 Å². The molecule has 2 aromatic carbocycles. The molecule has 7 heteroatoms. The Bertz CT molecular complexity index is 1140. The molecule has 1 saturated heterocycles. The van der Waals surface area contributed by atoms with Crippen molar-refractivity contribution in [1.82, 2.24) is 9.97 Å². The number of rotatable bonds is 3. The van der Waals surface area contributed by atoms with Crippen molar-refractivity contribution in [1.29, 1.82) is 0 Å². The summed E-state index contributed by atoms with van der Waals surface area (Å²) >= 11 is 1.54. The van der Waals surface area contributed by atoms with E-state index in [1.807, 2.05) is 0 Å². The molecule has 6 nitrogen and oxygen atoms in total. The summed E-state index contributed by atoms with van der Waals surface area (Å²) < 4.78 is 0.873. The zero-order valence-electron chi connectivity index (χ0n) is 14.6. The standard InChI is InChI=1S/C20H18N4O2S/c25-24(26)14-5-6-18-19(11-14)27-20(22-18)23-9-7-13(8-10-23)16-12-21-17-4-2-1-3-15(16)17/h1-6,11-13,21H,7-10H2. The fourth-order valence-electron chi connectivity index (χ4n) is 3.96. The fourth-order valence-corrected chi connectivity index (χ4v) is 5.01. The van der Waals surface area contributed by atoms with Gasteiger partial charge < -0.3 is 9.88 Å². The second-order valence-electron chi connectivity index (χ2n) is 6.96. The van der Waals surface area contributed by atoms with Crippen LogP contribution in [0.15, 0.2) is 48.7 Å². The molecule has 136 valence electrons. The third-order valence-electron chi connectivity index (χ3n) is 5.40. The van der Waals surface area contributed by atoms with Crippen LogP contribution in [-0.4, -0.2) is 28.0 Å². The highest BCUT2D eigenvalue weighted by atomic mass is 32.1. The summed E-state index contributed by atoms with van der Waals surface area (Å²) in [7, 11) is 0. The summed E-state index contributed by atoms with van der Waals surface area (Å²) in [5.41, 5.74) is 3.56. The van der Waals surface area contributed by atoms with E-state index in [4.69, 9.17) is 4.98 Å². The van der Waals surface area contributed by atoms with E-state index in [0.717, 1.165) is 41.3 Å². The number of aromatic amines is 1. The van der Waals surface area contributed by atoms with E-state index in [9.17, 15) is 10.1 Å². The highest BCUT2D eigenvalue weighted by molar-refractivity contribution is 7.22. The molecule has 1 aliphatic heterocycles. The van der Waals surface area contributed by atoms with Crippen molar-refractivity contribution < 1.29 is 4.92 Å². The zero-order valence-corrected chi connectivity index (χ0v) is 15.4. The van der Waals surface area contributed by atoms with E-state index in [1.165, 1.54) is 22.5 Å². The molecule has 0 aliphatic carbocycles. The lowest BCUT2D eigenvalue weighted by Gasteiger charge is -2.31. The van der Waals surface area contributed by atoms with E-state index in [-0.39, 0.29) is 10.6 Å². The van der Waals surface area contributed by atoms with Gasteiger partial charge in [0.15, 0.2) is 5.13 Å². The highest BCUT2D eigenvalue weighted by Gasteiger charge is 2.24. The number of fused-ring (bicyclic) bond motifs is 2. The number of thiazole rings is 1. The minimum Gasteiger partial charge on any atom is -0.361 e. The van der Waals surface area contributed by atoms with Crippen molar-refractivity contribution in [3.8, 4) is 0 Å². The molecular formula is C20H18N4O2S. The van der Waals surface area contributed by atoms with Crippen LogP contribution in [-0.2, 0) is 0 Å². The lowest BCUT2D eigenvalue weighted by Crippen LogP contribution is -2.32. The van der Waals surface area contributed by atoms with Crippen LogP contribution in [0, 0.1) is 10.1 Å². The molecule has 0 bridgehead atoms. The van der Waals surface area contributed by atoms with Crippen molar-refractivity contribution in [2.75, 3.05) is 18.0 Å². The molecule has 1 aliphatic rings. The molecule has 4 aromatic rings. The average Bonchev–Trinajstić information content (AvgIpc) is 3.31. The number of nitrogens with zero attached hydrogens (tertiary/aromatic N) is 3. The van der Waals surface area contributed by atoms with Gasteiger partial charge in [-0.3, -0.25) is 10.1 Å². The summed E-state index contributed by atoms with van der Waals surface area (Å²) in [6.07, 6.45) is 4.32. The quantitative estimate of drug-likeness (QED) is 0.399. The van der Waals surface area contributed by atoms with Crippen LogP contribution in [0.25, 0.3) is 21.1 Å². The number of anilines is 1. The number of hydrogen-bond donors (Lipinski definition) is 1. The summed E-state index contributed by atoms with van der Waals surface area (Å²) in [4.78, 5) is 21.0. The summed E-state index contributed by atoms with van der Waals surface area (Å²) in [5, 5.41) is 13.3. The fraction of sp³-hybridized carbons (Fsp3) is 0.250. The van der Waals surface area contributed by atoms with Crippen LogP contribution in [0.3, 0.4) is 0 Å². The Hall–Kier alpha value is -2.93. The molecule has 0 unspecified atom stereocenters. The van der Waals surface area contributed by atoms with Crippen LogP contribution >= 0.6 is 11.3 Å². The van der Waals surface area contributed by atoms with Gasteiger partial charge in [0.05, 0.1) is 15.1 Å². The molecule has 1 fully saturated rings. The summed E-state index contributed by atoms with van der Waals surface area (Å²) in [5.74, 6) is 0.549. The predicted molar refractivity (Wildman–Crippen MR) is 109 cm³/mol. The average molecular weight is 378 g/mol. The first-order chi connectivity index (χ1) is 13.2. The Morgan fingerprint density at radius 3 is 2.81 bits per heavy atom. The topological polar surface area (TPSA) is 75.1 Å². The van der Waals surface area contributed by atoms with E-state index in [2.05, 4.69) is 40.3 Å². The monoisotopic (exact) mass is 378 g/mol. The Morgan fingerprint density at radius 2 is 2.00 bits per heavy atom. The number of benzene rings is 2. The molecule has 3 heterocycles. The normalized spacial score (nSPS) is 15.6. The molecule has 0 atom stereocenters. The van der Waals surface area contributed by atoms with Gasteiger partial charge in [0.1, 0.15) is 0 Å². The molecule has 1 N–H and O–H groups in total. The van der Waals surface area contributed by atoms with Gasteiger partial charge in [-0.25, -0.2) is 4.98 Å². The lowest BCUT2D eigenvalue weighted by atomic mass is 9.89. The van der Waals surface area contributed by atoms with Gasteiger partial charge in [-0.1, -0.05) is 29.5 Å². The van der Waals surface area contributed by atoms with Gasteiger partial charge in [-0.05, 0) is 36.5 Å². The summed E-state index contributed by atoms with van der Waals surface area (Å²) in [6.45, 7) is 1.90. The van der Waals surface area contributed by atoms with Gasteiger partial charge in [0, 0.05) is 42.3 Å². The van der Waals surface area contributed by atoms with Crippen molar-refractivity contribution in [2.45, 2.75) is 18.8 Å². The van der Waals surface area contributed by atoms with E-state index in [0.29, 0.717) is 5.92 Å². The van der Waals surface area contributed by atoms with Crippen LogP contribution in [0.4, 0.5) is 10.8 Å². The molecule has 0 spiro atoms. The Kier molecular flexibility index (Phi) is 3.82. The number of hydrogen-bond acceptors (Lipinski definition) is 5. The number of nitro groups is 1. The number of nitro benzene ring substituents is 1. The molecule has 27 heavy (non-hydrogen) atoms. The smallest absolute Gasteiger partial charge is 0.270 e. The molecular weight excluding hydrogens is 360 g/mol. The molecule has 5 rings (SSSR count). The number of H-pyrrole nitrogens is 1. The number of aromatic nitrogens is 2. The molecule has 0 saturated carbocycles. The van der Waals surface area contributed by atoms with Crippen LogP contribution in [0.1, 0.15) is 24.3 Å². The van der Waals surface area contributed by atoms with Crippen molar-refractivity contribution in [3.05, 3.63) is 64.3 Å². The summed E-state index contributed by atoms with van der Waals surface area (Å²) in [6, 6.07) is 13.3. The zero-order chi connectivity index (χ0) is 18.4. The third kappa shape index (κ3) is 2.84. The first kappa shape index (κ1) is 16.3. The number of para-hydroxylation sites is 1. The van der Waals surface area contributed by atoms with E-state index >= 15 is 0 Å². The van der Waals surface area contributed by atoms with Gasteiger partial charge in [-0.15, -0.1) is 0 Å². The maximum atomic E-state index is 11.0. The Morgan fingerprint density at radius 1 is 1.19 bits per heavy atom. The predicted octanol–water partition coefficient (Wildman–Crippen LogP) is 5.07. The molecule has 2 aromatic heterocycles. The second kappa shape index (κ2) is 6.35. The SMILES string of the molecule is O=[N+]([O-])c1ccc2nc(N3CCC(c4c[nH]c5ccccc45)CC3)sc2c1. The van der Waals surface area contributed by atoms with Crippen molar-refractivity contribution in [3.63, 3.8) is 0 Å². The van der Waals surface area contributed by atoms with E-state index < -0.39 is 0 Å². The van der Waals surface area contributed by atoms with E-state index in [1.54, 1.807) is 23.5 Å². The minimum absolute atomic E-state index is 0.121. The van der Waals surface area contributed by atoms with Gasteiger partial charge in [0.25, 0.3) is 5.69 Å². The van der Waals surface area contributed by atoms with Gasteiger partial charge >= 0.3 is 0 Å². The Balaban J connectivity index is 1.35. The van der Waals surface area contributed by atoms with Crippen LogP contribution in [0.5, 0.6) is 0 Å². The van der Waals surface area contributed by atoms with Crippen LogP contribution in [0.2, 0.25) is 0 Å². The number of non-ortho nitro benzene ring substituents is 1. The van der Waals surface area contributed by atoms with Gasteiger partial charge in [0.2, 0.25) is 0 Å². The molecule has 0 amide bonds. The van der Waals surface area contributed by atoms with Crippen LogP contribution < -0.4 is 4.90 Å². The first-order valence-electron chi connectivity index (χ1n) is 9.05. The van der Waals surface area contributed by atoms with Gasteiger partial charge in [-0.2, -0.15) is 0 Å². The highest BCUT2D eigenvalue weighted by Crippen LogP contribution is 2.37. The number of nitrogens with one attached hydrogen (secondary N) is 1. The second-order valence-corrected chi connectivity index (χ2v) is 7.97. The minimum atomic E-state index is -0.356. The largest absolute Gasteiger partial charge is 0.361 e. The molecule has 0 radical (unpaired) electrons. The third-order valence-corrected chi connectivity index (χ3v) is 6.48. The van der Waals surface area contributed by atoms with Crippen molar-refractivity contribution in [2.24, 2.45) is 0 Å². The first-order valence-corrected chi connectivity index (χ1v) is 9.86.